The molecule has 1 saturated heterocycles. The standard InChI is InChI=1S/C27H27FN8O/c1-16(33-25-23-27(31-14-30-25)35(15-32-23)21-7-3-5-13-37-21)26-34-19-11-10-18(28)22(17-8-9-17)24(19)36(26)20-6-2-4-12-29-20/h2,4,6,10-12,14-17,21H,3,5,7-9,13H2,1H3,(H,30,31,33)/t16?,21-/m0/s1. The number of anilines is 1. The van der Waals surface area contributed by atoms with Crippen molar-refractivity contribution < 1.29 is 9.13 Å². The van der Waals surface area contributed by atoms with Crippen molar-refractivity contribution in [2.45, 2.75) is 57.2 Å². The maximum absolute atomic E-state index is 15.1. The molecule has 5 aromatic rings. The molecule has 0 amide bonds. The highest BCUT2D eigenvalue weighted by Gasteiger charge is 2.32. The fourth-order valence-electron chi connectivity index (χ4n) is 5.33. The van der Waals surface area contributed by atoms with Crippen molar-refractivity contribution in [1.82, 2.24) is 34.1 Å². The number of benzene rings is 1. The van der Waals surface area contributed by atoms with Gasteiger partial charge in [0.1, 0.15) is 30.0 Å². The molecule has 10 heteroatoms. The largest absolute Gasteiger partial charge is 0.358 e. The van der Waals surface area contributed by atoms with E-state index in [4.69, 9.17) is 9.72 Å². The molecule has 1 saturated carbocycles. The second-order valence-electron chi connectivity index (χ2n) is 9.83. The topological polar surface area (TPSA) is 95.6 Å². The summed E-state index contributed by atoms with van der Waals surface area (Å²) in [5.74, 6) is 2.06. The first-order chi connectivity index (χ1) is 18.2. The first-order valence-electron chi connectivity index (χ1n) is 12.9. The van der Waals surface area contributed by atoms with Gasteiger partial charge in [-0.3, -0.25) is 9.13 Å². The summed E-state index contributed by atoms with van der Waals surface area (Å²) in [5, 5.41) is 3.49. The van der Waals surface area contributed by atoms with Gasteiger partial charge in [0.05, 0.1) is 23.4 Å². The van der Waals surface area contributed by atoms with E-state index in [0.29, 0.717) is 17.2 Å². The Hall–Kier alpha value is -3.92. The van der Waals surface area contributed by atoms with Gasteiger partial charge in [0, 0.05) is 18.4 Å². The molecule has 37 heavy (non-hydrogen) atoms. The van der Waals surface area contributed by atoms with E-state index in [1.54, 1.807) is 24.9 Å². The molecule has 1 aliphatic heterocycles. The van der Waals surface area contributed by atoms with Crippen molar-refractivity contribution in [3.63, 3.8) is 0 Å². The fourth-order valence-corrected chi connectivity index (χ4v) is 5.33. The number of pyridine rings is 1. The van der Waals surface area contributed by atoms with E-state index in [9.17, 15) is 0 Å². The van der Waals surface area contributed by atoms with Gasteiger partial charge in [-0.15, -0.1) is 0 Å². The molecule has 1 N–H and O–H groups in total. The van der Waals surface area contributed by atoms with Gasteiger partial charge in [-0.1, -0.05) is 6.07 Å². The van der Waals surface area contributed by atoms with Crippen LogP contribution in [0.2, 0.25) is 0 Å². The van der Waals surface area contributed by atoms with Crippen molar-refractivity contribution in [3.05, 3.63) is 66.4 Å². The Labute approximate surface area is 212 Å². The van der Waals surface area contributed by atoms with E-state index in [-0.39, 0.29) is 24.0 Å². The van der Waals surface area contributed by atoms with Gasteiger partial charge >= 0.3 is 0 Å². The van der Waals surface area contributed by atoms with Gasteiger partial charge in [-0.2, -0.15) is 0 Å². The predicted octanol–water partition coefficient (Wildman–Crippen LogP) is 5.45. The van der Waals surface area contributed by atoms with Crippen LogP contribution in [0.5, 0.6) is 0 Å². The summed E-state index contributed by atoms with van der Waals surface area (Å²) in [6.07, 6.45) is 10.1. The molecule has 0 radical (unpaired) electrons. The number of aromatic nitrogens is 7. The lowest BCUT2D eigenvalue weighted by Crippen LogP contribution is -2.18. The van der Waals surface area contributed by atoms with Gasteiger partial charge < -0.3 is 10.1 Å². The molecule has 1 aliphatic carbocycles. The predicted molar refractivity (Wildman–Crippen MR) is 137 cm³/mol. The van der Waals surface area contributed by atoms with Crippen LogP contribution < -0.4 is 5.32 Å². The summed E-state index contributed by atoms with van der Waals surface area (Å²) in [4.78, 5) is 23.2. The molecule has 9 nitrogen and oxygen atoms in total. The molecule has 2 fully saturated rings. The van der Waals surface area contributed by atoms with Crippen LogP contribution in [0.1, 0.15) is 68.6 Å². The Bertz CT molecular complexity index is 1590. The number of ether oxygens (including phenoxy) is 1. The summed E-state index contributed by atoms with van der Waals surface area (Å²) >= 11 is 0. The molecular formula is C27H27FN8O. The summed E-state index contributed by atoms with van der Waals surface area (Å²) in [6, 6.07) is 8.73. The minimum absolute atomic E-state index is 0.0667. The smallest absolute Gasteiger partial charge is 0.167 e. The highest BCUT2D eigenvalue weighted by atomic mass is 19.1. The SMILES string of the molecule is CC(Nc1ncnc2c1ncn2[C@@H]1CCCCO1)c1nc2ccc(F)c(C3CC3)c2n1-c1ccccn1. The first kappa shape index (κ1) is 22.3. The van der Waals surface area contributed by atoms with Gasteiger partial charge in [0.25, 0.3) is 0 Å². The molecule has 2 atom stereocenters. The normalized spacial score (nSPS) is 18.9. The maximum Gasteiger partial charge on any atom is 0.167 e. The van der Waals surface area contributed by atoms with Gasteiger partial charge in [-0.25, -0.2) is 29.3 Å². The Morgan fingerprint density at radius 2 is 1.97 bits per heavy atom. The molecule has 5 heterocycles. The van der Waals surface area contributed by atoms with Crippen LogP contribution >= 0.6 is 0 Å². The maximum atomic E-state index is 15.1. The third-order valence-corrected chi connectivity index (χ3v) is 7.26. The third-order valence-electron chi connectivity index (χ3n) is 7.26. The molecule has 1 unspecified atom stereocenters. The van der Waals surface area contributed by atoms with E-state index in [1.165, 1.54) is 6.07 Å². The monoisotopic (exact) mass is 498 g/mol. The van der Waals surface area contributed by atoms with Crippen molar-refractivity contribution in [2.24, 2.45) is 0 Å². The van der Waals surface area contributed by atoms with Gasteiger partial charge in [-0.05, 0) is 69.2 Å². The highest BCUT2D eigenvalue weighted by molar-refractivity contribution is 5.84. The molecule has 1 aromatic carbocycles. The van der Waals surface area contributed by atoms with E-state index < -0.39 is 0 Å². The summed E-state index contributed by atoms with van der Waals surface area (Å²) in [7, 11) is 0. The van der Waals surface area contributed by atoms with Crippen LogP contribution in [0.4, 0.5) is 10.2 Å². The number of hydrogen-bond acceptors (Lipinski definition) is 7. The lowest BCUT2D eigenvalue weighted by Gasteiger charge is -2.23. The zero-order chi connectivity index (χ0) is 24.9. The van der Waals surface area contributed by atoms with E-state index in [2.05, 4.69) is 25.3 Å². The number of hydrogen-bond donors (Lipinski definition) is 1. The Morgan fingerprint density at radius 1 is 1.05 bits per heavy atom. The number of fused-ring (bicyclic) bond motifs is 2. The van der Waals surface area contributed by atoms with Crippen LogP contribution in [0, 0.1) is 5.82 Å². The fraction of sp³-hybridized carbons (Fsp3) is 0.370. The number of imidazole rings is 2. The quantitative estimate of drug-likeness (QED) is 0.333. The molecule has 7 rings (SSSR count). The lowest BCUT2D eigenvalue weighted by atomic mass is 10.1. The van der Waals surface area contributed by atoms with Crippen molar-refractivity contribution >= 4 is 28.0 Å². The number of rotatable bonds is 6. The molecular weight excluding hydrogens is 471 g/mol. The van der Waals surface area contributed by atoms with Crippen LogP contribution in [-0.2, 0) is 4.74 Å². The number of nitrogens with one attached hydrogen (secondary N) is 1. The first-order valence-corrected chi connectivity index (χ1v) is 12.9. The van der Waals surface area contributed by atoms with Crippen LogP contribution in [0.15, 0.2) is 49.2 Å². The molecule has 2 aliphatic rings. The number of halogens is 1. The zero-order valence-corrected chi connectivity index (χ0v) is 20.5. The lowest BCUT2D eigenvalue weighted by molar-refractivity contribution is -0.0298. The summed E-state index contributed by atoms with van der Waals surface area (Å²) in [6.45, 7) is 2.76. The Kier molecular flexibility index (Phi) is 5.35. The van der Waals surface area contributed by atoms with Gasteiger partial charge in [0.15, 0.2) is 17.0 Å². The summed E-state index contributed by atoms with van der Waals surface area (Å²) in [5.41, 5.74) is 3.67. The van der Waals surface area contributed by atoms with E-state index in [0.717, 1.165) is 66.8 Å². The molecule has 0 spiro atoms. The van der Waals surface area contributed by atoms with Crippen molar-refractivity contribution in [3.8, 4) is 5.82 Å². The second kappa shape index (κ2) is 8.88. The highest BCUT2D eigenvalue weighted by Crippen LogP contribution is 2.45. The molecule has 0 bridgehead atoms. The van der Waals surface area contributed by atoms with Crippen LogP contribution in [0.3, 0.4) is 0 Å². The third kappa shape index (κ3) is 3.83. The summed E-state index contributed by atoms with van der Waals surface area (Å²) < 4.78 is 25.0. The van der Waals surface area contributed by atoms with Gasteiger partial charge in [0.2, 0.25) is 0 Å². The minimum Gasteiger partial charge on any atom is -0.358 e. The molecule has 4 aromatic heterocycles. The average molecular weight is 499 g/mol. The Balaban J connectivity index is 1.32. The van der Waals surface area contributed by atoms with Crippen molar-refractivity contribution in [1.29, 1.82) is 0 Å². The minimum atomic E-state index is -0.279. The van der Waals surface area contributed by atoms with Crippen molar-refractivity contribution in [2.75, 3.05) is 11.9 Å². The number of nitrogens with zero attached hydrogens (tertiary/aromatic N) is 7. The van der Waals surface area contributed by atoms with E-state index >= 15 is 4.39 Å². The van der Waals surface area contributed by atoms with Crippen LogP contribution in [0.25, 0.3) is 28.0 Å². The second-order valence-corrected chi connectivity index (χ2v) is 9.83. The average Bonchev–Trinajstić information content (AvgIpc) is 3.55. The zero-order valence-electron chi connectivity index (χ0n) is 20.5. The molecule has 188 valence electrons. The van der Waals surface area contributed by atoms with Crippen LogP contribution in [-0.4, -0.2) is 40.7 Å². The Morgan fingerprint density at radius 3 is 2.76 bits per heavy atom. The van der Waals surface area contributed by atoms with E-state index in [1.807, 2.05) is 34.3 Å².